The van der Waals surface area contributed by atoms with Crippen LogP contribution in [0.1, 0.15) is 12.6 Å². The molecule has 6 nitrogen and oxygen atoms in total. The summed E-state index contributed by atoms with van der Waals surface area (Å²) in [5.41, 5.74) is 2.61. The van der Waals surface area contributed by atoms with E-state index >= 15 is 0 Å². The zero-order valence-electron chi connectivity index (χ0n) is 12.8. The minimum Gasteiger partial charge on any atom is -0.381 e. The molecule has 2 rings (SSSR count). The van der Waals surface area contributed by atoms with Gasteiger partial charge in [-0.2, -0.15) is 0 Å². The first-order valence-corrected chi connectivity index (χ1v) is 6.84. The van der Waals surface area contributed by atoms with E-state index in [1.807, 2.05) is 27.1 Å². The number of likely N-dealkylation sites (N-methyl/N-ethyl adjacent to an activating group) is 1. The average Bonchev–Trinajstić information content (AvgIpc) is 2.36. The number of anilines is 1. The highest BCUT2D eigenvalue weighted by molar-refractivity contribution is 5.93. The second-order valence-electron chi connectivity index (χ2n) is 5.58. The van der Waals surface area contributed by atoms with Crippen LogP contribution in [0.3, 0.4) is 0 Å². The SMILES string of the molecule is Cc1cc(NC(C)CN(C)C)c2cc([N+](=O)[O-])ccc2n1. The topological polar surface area (TPSA) is 71.3 Å². The Hall–Kier alpha value is -2.21. The number of non-ortho nitro benzene ring substituents is 1. The Balaban J connectivity index is 2.45. The third-order valence-electron chi connectivity index (χ3n) is 3.17. The number of aromatic nitrogens is 1. The average molecular weight is 288 g/mol. The smallest absolute Gasteiger partial charge is 0.270 e. The van der Waals surface area contributed by atoms with Crippen molar-refractivity contribution in [1.82, 2.24) is 9.88 Å². The van der Waals surface area contributed by atoms with Gasteiger partial charge in [-0.15, -0.1) is 0 Å². The number of nitro benzene ring substituents is 1. The van der Waals surface area contributed by atoms with E-state index in [9.17, 15) is 10.1 Å². The summed E-state index contributed by atoms with van der Waals surface area (Å²) in [4.78, 5) is 17.1. The minimum atomic E-state index is -0.383. The van der Waals surface area contributed by atoms with Gasteiger partial charge in [0.15, 0.2) is 0 Å². The molecule has 112 valence electrons. The van der Waals surface area contributed by atoms with Crippen molar-refractivity contribution in [3.63, 3.8) is 0 Å². The van der Waals surface area contributed by atoms with Gasteiger partial charge in [0.2, 0.25) is 0 Å². The lowest BCUT2D eigenvalue weighted by Gasteiger charge is -2.20. The van der Waals surface area contributed by atoms with Crippen LogP contribution in [0.25, 0.3) is 10.9 Å². The van der Waals surface area contributed by atoms with E-state index in [2.05, 4.69) is 22.1 Å². The molecule has 0 spiro atoms. The predicted octanol–water partition coefficient (Wildman–Crippen LogP) is 2.81. The van der Waals surface area contributed by atoms with Crippen LogP contribution in [0.5, 0.6) is 0 Å². The number of nitrogens with one attached hydrogen (secondary N) is 1. The van der Waals surface area contributed by atoms with Gasteiger partial charge < -0.3 is 10.2 Å². The summed E-state index contributed by atoms with van der Waals surface area (Å²) >= 11 is 0. The first-order chi connectivity index (χ1) is 9.86. The van der Waals surface area contributed by atoms with E-state index in [1.165, 1.54) is 6.07 Å². The minimum absolute atomic E-state index is 0.0801. The second-order valence-corrected chi connectivity index (χ2v) is 5.58. The van der Waals surface area contributed by atoms with Gasteiger partial charge in [0.1, 0.15) is 0 Å². The van der Waals surface area contributed by atoms with Crippen LogP contribution in [0.2, 0.25) is 0 Å². The normalized spacial score (nSPS) is 12.6. The first-order valence-electron chi connectivity index (χ1n) is 6.84. The molecule has 1 heterocycles. The van der Waals surface area contributed by atoms with E-state index in [0.29, 0.717) is 0 Å². The van der Waals surface area contributed by atoms with Gasteiger partial charge in [0.05, 0.1) is 10.4 Å². The lowest BCUT2D eigenvalue weighted by atomic mass is 10.1. The van der Waals surface area contributed by atoms with E-state index in [0.717, 1.165) is 28.8 Å². The number of fused-ring (bicyclic) bond motifs is 1. The number of hydrogen-bond donors (Lipinski definition) is 1. The fourth-order valence-electron chi connectivity index (χ4n) is 2.44. The van der Waals surface area contributed by atoms with Crippen LogP contribution in [-0.4, -0.2) is 41.5 Å². The maximum atomic E-state index is 10.9. The van der Waals surface area contributed by atoms with Gasteiger partial charge in [0, 0.05) is 41.5 Å². The van der Waals surface area contributed by atoms with Crippen LogP contribution in [-0.2, 0) is 0 Å². The molecule has 2 aromatic rings. The van der Waals surface area contributed by atoms with Crippen LogP contribution in [0, 0.1) is 17.0 Å². The number of nitrogens with zero attached hydrogens (tertiary/aromatic N) is 3. The van der Waals surface area contributed by atoms with Gasteiger partial charge >= 0.3 is 0 Å². The summed E-state index contributed by atoms with van der Waals surface area (Å²) in [7, 11) is 4.03. The standard InChI is InChI=1S/C15H20N4O2/c1-10-7-15(17-11(2)9-18(3)4)13-8-12(19(20)21)5-6-14(13)16-10/h5-8,11H,9H2,1-4H3,(H,16,17). The van der Waals surface area contributed by atoms with Gasteiger partial charge in [-0.05, 0) is 40.1 Å². The Kier molecular flexibility index (Phi) is 4.37. The summed E-state index contributed by atoms with van der Waals surface area (Å²) in [5, 5.41) is 15.1. The van der Waals surface area contributed by atoms with E-state index in [-0.39, 0.29) is 16.7 Å². The molecule has 21 heavy (non-hydrogen) atoms. The Morgan fingerprint density at radius 3 is 2.71 bits per heavy atom. The molecule has 0 amide bonds. The lowest BCUT2D eigenvalue weighted by molar-refractivity contribution is -0.384. The first kappa shape index (κ1) is 15.2. The van der Waals surface area contributed by atoms with Crippen molar-refractivity contribution < 1.29 is 4.92 Å². The molecule has 0 saturated carbocycles. The molecule has 1 N–H and O–H groups in total. The van der Waals surface area contributed by atoms with E-state index in [4.69, 9.17) is 0 Å². The molecule has 6 heteroatoms. The number of hydrogen-bond acceptors (Lipinski definition) is 5. The maximum Gasteiger partial charge on any atom is 0.270 e. The summed E-state index contributed by atoms with van der Waals surface area (Å²) in [5.74, 6) is 0. The highest BCUT2D eigenvalue weighted by Gasteiger charge is 2.12. The molecule has 1 aromatic carbocycles. The van der Waals surface area contributed by atoms with Crippen molar-refractivity contribution in [2.45, 2.75) is 19.9 Å². The zero-order valence-corrected chi connectivity index (χ0v) is 12.8. The fourth-order valence-corrected chi connectivity index (χ4v) is 2.44. The van der Waals surface area contributed by atoms with Crippen LogP contribution in [0.4, 0.5) is 11.4 Å². The van der Waals surface area contributed by atoms with Gasteiger partial charge in [0.25, 0.3) is 5.69 Å². The molecule has 1 atom stereocenters. The summed E-state index contributed by atoms with van der Waals surface area (Å²) in [6, 6.07) is 6.92. The van der Waals surface area contributed by atoms with Crippen molar-refractivity contribution in [2.24, 2.45) is 0 Å². The predicted molar refractivity (Wildman–Crippen MR) is 84.8 cm³/mol. The number of rotatable bonds is 5. The van der Waals surface area contributed by atoms with Gasteiger partial charge in [-0.25, -0.2) is 0 Å². The third-order valence-corrected chi connectivity index (χ3v) is 3.17. The number of pyridine rings is 1. The highest BCUT2D eigenvalue weighted by Crippen LogP contribution is 2.27. The summed E-state index contributed by atoms with van der Waals surface area (Å²) in [6.07, 6.45) is 0. The molecular weight excluding hydrogens is 268 g/mol. The fraction of sp³-hybridized carbons (Fsp3) is 0.400. The van der Waals surface area contributed by atoms with Gasteiger partial charge in [-0.1, -0.05) is 0 Å². The summed E-state index contributed by atoms with van der Waals surface area (Å²) < 4.78 is 0. The largest absolute Gasteiger partial charge is 0.381 e. The Bertz CT molecular complexity index is 670. The van der Waals surface area contributed by atoms with Crippen LogP contribution in [0.15, 0.2) is 24.3 Å². The Morgan fingerprint density at radius 1 is 1.38 bits per heavy atom. The highest BCUT2D eigenvalue weighted by atomic mass is 16.6. The Morgan fingerprint density at radius 2 is 2.10 bits per heavy atom. The number of aryl methyl sites for hydroxylation is 1. The van der Waals surface area contributed by atoms with Crippen molar-refractivity contribution in [3.8, 4) is 0 Å². The van der Waals surface area contributed by atoms with Crippen LogP contribution < -0.4 is 5.32 Å². The molecule has 1 aromatic heterocycles. The zero-order chi connectivity index (χ0) is 15.6. The van der Waals surface area contributed by atoms with Crippen molar-refractivity contribution >= 4 is 22.3 Å². The molecule has 0 aliphatic rings. The molecule has 0 aliphatic heterocycles. The van der Waals surface area contributed by atoms with E-state index < -0.39 is 0 Å². The quantitative estimate of drug-likeness (QED) is 0.676. The molecular formula is C15H20N4O2. The van der Waals surface area contributed by atoms with E-state index in [1.54, 1.807) is 12.1 Å². The van der Waals surface area contributed by atoms with Crippen molar-refractivity contribution in [1.29, 1.82) is 0 Å². The van der Waals surface area contributed by atoms with Crippen molar-refractivity contribution in [2.75, 3.05) is 26.0 Å². The number of nitro groups is 1. The van der Waals surface area contributed by atoms with Gasteiger partial charge in [-0.3, -0.25) is 15.1 Å². The van der Waals surface area contributed by atoms with Crippen molar-refractivity contribution in [3.05, 3.63) is 40.1 Å². The monoisotopic (exact) mass is 288 g/mol. The lowest BCUT2D eigenvalue weighted by Crippen LogP contribution is -2.29. The molecule has 0 saturated heterocycles. The maximum absolute atomic E-state index is 10.9. The van der Waals surface area contributed by atoms with Crippen LogP contribution >= 0.6 is 0 Å². The molecule has 0 aliphatic carbocycles. The second kappa shape index (κ2) is 6.05. The summed E-state index contributed by atoms with van der Waals surface area (Å²) in [6.45, 7) is 4.87. The number of benzene rings is 1. The molecule has 0 bridgehead atoms. The Labute approximate surface area is 123 Å². The molecule has 1 unspecified atom stereocenters. The molecule has 0 radical (unpaired) electrons. The molecule has 0 fully saturated rings. The third kappa shape index (κ3) is 3.66.